The maximum absolute atomic E-state index is 12.8. The van der Waals surface area contributed by atoms with Crippen LogP contribution in [0.3, 0.4) is 0 Å². The van der Waals surface area contributed by atoms with Crippen LogP contribution >= 0.6 is 11.6 Å². The van der Waals surface area contributed by atoms with Crippen LogP contribution in [0.25, 0.3) is 11.1 Å². The third-order valence-corrected chi connectivity index (χ3v) is 4.97. The number of aromatic hydroxyl groups is 1. The van der Waals surface area contributed by atoms with Crippen molar-refractivity contribution in [1.29, 1.82) is 0 Å². The summed E-state index contributed by atoms with van der Waals surface area (Å²) in [7, 11) is 0. The number of phenols is 1. The molecule has 134 valence electrons. The second-order valence-corrected chi connectivity index (χ2v) is 6.99. The summed E-state index contributed by atoms with van der Waals surface area (Å²) < 4.78 is 0. The molecule has 2 aromatic rings. The highest BCUT2D eigenvalue weighted by Gasteiger charge is 2.18. The quantitative estimate of drug-likeness (QED) is 0.630. The number of hydrogen-bond acceptors (Lipinski definition) is 2. The Balaban J connectivity index is 2.09. The molecule has 0 fully saturated rings. The van der Waals surface area contributed by atoms with E-state index in [0.717, 1.165) is 41.5 Å². The molecular weight excluding hydrogens is 344 g/mol. The lowest BCUT2D eigenvalue weighted by molar-refractivity contribution is 0.103. The van der Waals surface area contributed by atoms with Crippen LogP contribution in [0.4, 0.5) is 0 Å². The summed E-state index contributed by atoms with van der Waals surface area (Å²) in [5.41, 5.74) is 4.93. The lowest BCUT2D eigenvalue weighted by Crippen LogP contribution is -2.05. The van der Waals surface area contributed by atoms with Crippen LogP contribution in [-0.2, 0) is 12.8 Å². The van der Waals surface area contributed by atoms with Crippen LogP contribution in [0.2, 0.25) is 5.02 Å². The number of ketones is 1. The molecule has 0 bridgehead atoms. The van der Waals surface area contributed by atoms with Gasteiger partial charge in [-0.2, -0.15) is 0 Å². The summed E-state index contributed by atoms with van der Waals surface area (Å²) in [6.07, 6.45) is 9.27. The standard InChI is InChI=1S/C23H23ClO2/c1-3-15-10-18(13-20(24)11-15)22-16(4-2)12-19(14-21(22)25)23(26)17-8-6-5-7-9-17/h6,8-14,25H,3-5,7H2,1-2H3. The van der Waals surface area contributed by atoms with E-state index in [1.807, 2.05) is 49.4 Å². The van der Waals surface area contributed by atoms with Gasteiger partial charge < -0.3 is 5.11 Å². The Morgan fingerprint density at radius 1 is 1.08 bits per heavy atom. The van der Waals surface area contributed by atoms with E-state index in [4.69, 9.17) is 11.6 Å². The molecule has 1 N–H and O–H groups in total. The van der Waals surface area contributed by atoms with Gasteiger partial charge in [0.1, 0.15) is 5.75 Å². The minimum atomic E-state index is -0.0437. The van der Waals surface area contributed by atoms with Crippen LogP contribution < -0.4 is 0 Å². The number of carbonyl (C=O) groups excluding carboxylic acids is 1. The van der Waals surface area contributed by atoms with Gasteiger partial charge in [-0.05, 0) is 66.6 Å². The predicted molar refractivity (Wildman–Crippen MR) is 108 cm³/mol. The van der Waals surface area contributed by atoms with Gasteiger partial charge in [0.05, 0.1) is 0 Å². The Bertz CT molecular complexity index is 907. The number of Topliss-reactive ketones (excluding diaryl/α,β-unsaturated/α-hetero) is 1. The number of carbonyl (C=O) groups is 1. The summed E-state index contributed by atoms with van der Waals surface area (Å²) in [4.78, 5) is 12.8. The first-order valence-corrected chi connectivity index (χ1v) is 9.48. The summed E-state index contributed by atoms with van der Waals surface area (Å²) >= 11 is 6.26. The van der Waals surface area contributed by atoms with Crippen LogP contribution in [-0.4, -0.2) is 10.9 Å². The molecule has 0 unspecified atom stereocenters. The number of halogens is 1. The fraction of sp³-hybridized carbons (Fsp3) is 0.261. The minimum absolute atomic E-state index is 0.0437. The highest BCUT2D eigenvalue weighted by Crippen LogP contribution is 2.37. The summed E-state index contributed by atoms with van der Waals surface area (Å²) in [5.74, 6) is 0.0789. The van der Waals surface area contributed by atoms with Crippen molar-refractivity contribution in [1.82, 2.24) is 0 Å². The third kappa shape index (κ3) is 3.76. The number of allylic oxidation sites excluding steroid dienone is 4. The summed E-state index contributed by atoms with van der Waals surface area (Å²) in [5, 5.41) is 11.4. The molecule has 3 heteroatoms. The molecule has 1 aliphatic carbocycles. The number of phenolic OH excluding ortho intramolecular Hbond substituents is 1. The Labute approximate surface area is 159 Å². The van der Waals surface area contributed by atoms with Crippen molar-refractivity contribution in [2.24, 2.45) is 0 Å². The minimum Gasteiger partial charge on any atom is -0.507 e. The molecule has 2 aromatic carbocycles. The molecule has 0 amide bonds. The van der Waals surface area contributed by atoms with Gasteiger partial charge in [-0.3, -0.25) is 4.79 Å². The lowest BCUT2D eigenvalue weighted by atomic mass is 9.90. The average molecular weight is 367 g/mol. The van der Waals surface area contributed by atoms with Crippen LogP contribution in [0.5, 0.6) is 5.75 Å². The highest BCUT2D eigenvalue weighted by atomic mass is 35.5. The number of benzene rings is 2. The van der Waals surface area contributed by atoms with Gasteiger partial charge in [0.15, 0.2) is 5.78 Å². The first-order chi connectivity index (χ1) is 12.5. The SMILES string of the molecule is CCc1cc(Cl)cc(-c2c(O)cc(C(=O)C3=CCCC=C3)cc2CC)c1. The van der Waals surface area contributed by atoms with Gasteiger partial charge in [-0.25, -0.2) is 0 Å². The second kappa shape index (κ2) is 7.92. The van der Waals surface area contributed by atoms with E-state index in [1.165, 1.54) is 0 Å². The van der Waals surface area contributed by atoms with Crippen molar-refractivity contribution in [3.63, 3.8) is 0 Å². The number of aryl methyl sites for hydroxylation is 2. The van der Waals surface area contributed by atoms with Gasteiger partial charge in [-0.15, -0.1) is 0 Å². The fourth-order valence-electron chi connectivity index (χ4n) is 3.38. The monoisotopic (exact) mass is 366 g/mol. The second-order valence-electron chi connectivity index (χ2n) is 6.55. The van der Waals surface area contributed by atoms with Gasteiger partial charge in [-0.1, -0.05) is 49.7 Å². The largest absolute Gasteiger partial charge is 0.507 e. The molecule has 0 heterocycles. The molecule has 3 rings (SSSR count). The van der Waals surface area contributed by atoms with E-state index in [1.54, 1.807) is 6.07 Å². The van der Waals surface area contributed by atoms with Gasteiger partial charge >= 0.3 is 0 Å². The molecular formula is C23H23ClO2. The zero-order valence-electron chi connectivity index (χ0n) is 15.2. The van der Waals surface area contributed by atoms with Crippen molar-refractivity contribution in [3.05, 3.63) is 75.8 Å². The molecule has 0 radical (unpaired) electrons. The molecule has 0 spiro atoms. The van der Waals surface area contributed by atoms with Crippen molar-refractivity contribution in [2.75, 3.05) is 0 Å². The number of rotatable bonds is 5. The lowest BCUT2D eigenvalue weighted by Gasteiger charge is -2.15. The van der Waals surface area contributed by atoms with E-state index in [0.29, 0.717) is 22.6 Å². The van der Waals surface area contributed by atoms with Gasteiger partial charge in [0.25, 0.3) is 0 Å². The van der Waals surface area contributed by atoms with Crippen molar-refractivity contribution in [2.45, 2.75) is 39.5 Å². The first kappa shape index (κ1) is 18.5. The predicted octanol–water partition coefficient (Wildman–Crippen LogP) is 6.30. The Hall–Kier alpha value is -2.32. The number of hydrogen-bond donors (Lipinski definition) is 1. The molecule has 1 aliphatic rings. The summed E-state index contributed by atoms with van der Waals surface area (Å²) in [6.45, 7) is 4.10. The molecule has 26 heavy (non-hydrogen) atoms. The van der Waals surface area contributed by atoms with Gasteiger partial charge in [0, 0.05) is 21.7 Å². The first-order valence-electron chi connectivity index (χ1n) is 9.10. The third-order valence-electron chi connectivity index (χ3n) is 4.75. The van der Waals surface area contributed by atoms with E-state index in [9.17, 15) is 9.90 Å². The average Bonchev–Trinajstić information content (AvgIpc) is 2.66. The van der Waals surface area contributed by atoms with E-state index >= 15 is 0 Å². The smallest absolute Gasteiger partial charge is 0.192 e. The zero-order chi connectivity index (χ0) is 18.7. The Morgan fingerprint density at radius 2 is 1.88 bits per heavy atom. The topological polar surface area (TPSA) is 37.3 Å². The Morgan fingerprint density at radius 3 is 2.54 bits per heavy atom. The van der Waals surface area contributed by atoms with E-state index < -0.39 is 0 Å². The Kier molecular flexibility index (Phi) is 5.63. The molecule has 0 aromatic heterocycles. The highest BCUT2D eigenvalue weighted by molar-refractivity contribution is 6.31. The van der Waals surface area contributed by atoms with Crippen LogP contribution in [0.15, 0.2) is 54.1 Å². The zero-order valence-corrected chi connectivity index (χ0v) is 15.9. The molecule has 0 saturated carbocycles. The molecule has 2 nitrogen and oxygen atoms in total. The van der Waals surface area contributed by atoms with Crippen LogP contribution in [0, 0.1) is 0 Å². The van der Waals surface area contributed by atoms with Crippen molar-refractivity contribution < 1.29 is 9.90 Å². The van der Waals surface area contributed by atoms with Crippen molar-refractivity contribution in [3.8, 4) is 16.9 Å². The maximum atomic E-state index is 12.8. The van der Waals surface area contributed by atoms with E-state index in [2.05, 4.69) is 6.92 Å². The van der Waals surface area contributed by atoms with E-state index in [-0.39, 0.29) is 11.5 Å². The maximum Gasteiger partial charge on any atom is 0.192 e. The molecule has 0 saturated heterocycles. The van der Waals surface area contributed by atoms with Gasteiger partial charge in [0.2, 0.25) is 0 Å². The fourth-order valence-corrected chi connectivity index (χ4v) is 3.63. The normalized spacial score (nSPS) is 13.6. The van der Waals surface area contributed by atoms with Crippen LogP contribution in [0.1, 0.15) is 48.2 Å². The summed E-state index contributed by atoms with van der Waals surface area (Å²) in [6, 6.07) is 9.32. The molecule has 0 atom stereocenters. The molecule has 0 aliphatic heterocycles. The van der Waals surface area contributed by atoms with Crippen molar-refractivity contribution >= 4 is 17.4 Å².